The molecular formula is C16H21N3O3S. The second kappa shape index (κ2) is 8.24. The van der Waals surface area contributed by atoms with Gasteiger partial charge in [0.05, 0.1) is 12.1 Å². The van der Waals surface area contributed by atoms with Crippen LogP contribution in [0.15, 0.2) is 40.3 Å². The fraction of sp³-hybridized carbons (Fsp3) is 0.562. The number of nitrogens with zero attached hydrogens (tertiary/aromatic N) is 3. The lowest BCUT2D eigenvalue weighted by Gasteiger charge is -2.42. The maximum absolute atomic E-state index is 11.1. The summed E-state index contributed by atoms with van der Waals surface area (Å²) in [7, 11) is 0. The zero-order valence-electron chi connectivity index (χ0n) is 13.5. The first-order valence-corrected chi connectivity index (χ1v) is 8.45. The van der Waals surface area contributed by atoms with Crippen LogP contribution in [0.3, 0.4) is 0 Å². The van der Waals surface area contributed by atoms with E-state index >= 15 is 0 Å². The van der Waals surface area contributed by atoms with E-state index in [4.69, 9.17) is 15.0 Å². The molecule has 23 heavy (non-hydrogen) atoms. The average Bonchev–Trinajstić information content (AvgIpc) is 2.54. The molecule has 0 amide bonds. The van der Waals surface area contributed by atoms with E-state index in [9.17, 15) is 4.79 Å². The number of hydrogen-bond donors (Lipinski definition) is 0. The molecule has 1 aliphatic heterocycles. The van der Waals surface area contributed by atoms with Gasteiger partial charge in [0.25, 0.3) is 0 Å². The first-order valence-electron chi connectivity index (χ1n) is 7.57. The van der Waals surface area contributed by atoms with Crippen LogP contribution < -0.4 is 0 Å². The molecule has 0 radical (unpaired) electrons. The van der Waals surface area contributed by atoms with Crippen LogP contribution in [0.25, 0.3) is 10.4 Å². The Labute approximate surface area is 140 Å². The molecule has 7 heteroatoms. The number of carbonyl (C=O) groups is 1. The van der Waals surface area contributed by atoms with Crippen LogP contribution in [0.1, 0.15) is 20.8 Å². The van der Waals surface area contributed by atoms with E-state index < -0.39 is 0 Å². The van der Waals surface area contributed by atoms with Gasteiger partial charge >= 0.3 is 5.97 Å². The summed E-state index contributed by atoms with van der Waals surface area (Å²) in [6, 6.07) is 9.57. The van der Waals surface area contributed by atoms with Crippen LogP contribution in [-0.2, 0) is 14.3 Å². The first-order chi connectivity index (χ1) is 11.0. The topological polar surface area (TPSA) is 84.3 Å². The third kappa shape index (κ3) is 4.64. The van der Waals surface area contributed by atoms with Crippen LogP contribution in [0.2, 0.25) is 0 Å². The van der Waals surface area contributed by atoms with E-state index in [0.717, 1.165) is 4.90 Å². The van der Waals surface area contributed by atoms with Crippen molar-refractivity contribution in [3.63, 3.8) is 0 Å². The van der Waals surface area contributed by atoms with Crippen molar-refractivity contribution < 1.29 is 14.3 Å². The molecule has 1 saturated heterocycles. The molecule has 0 saturated carbocycles. The summed E-state index contributed by atoms with van der Waals surface area (Å²) in [5.41, 5.74) is 8.57. The zero-order chi connectivity index (χ0) is 16.8. The summed E-state index contributed by atoms with van der Waals surface area (Å²) in [5.74, 6) is -0.0724. The Morgan fingerprint density at radius 1 is 1.35 bits per heavy atom. The second-order valence-electron chi connectivity index (χ2n) is 5.69. The Morgan fingerprint density at radius 2 is 2.04 bits per heavy atom. The fourth-order valence-electron chi connectivity index (χ4n) is 2.61. The molecule has 1 heterocycles. The third-order valence-corrected chi connectivity index (χ3v) is 5.34. The highest BCUT2D eigenvalue weighted by molar-refractivity contribution is 7.99. The second-order valence-corrected chi connectivity index (χ2v) is 6.86. The molecule has 1 fully saturated rings. The molecule has 0 spiro atoms. The van der Waals surface area contributed by atoms with Crippen molar-refractivity contribution in [2.75, 3.05) is 6.61 Å². The highest BCUT2D eigenvalue weighted by Gasteiger charge is 2.41. The van der Waals surface area contributed by atoms with Crippen LogP contribution in [-0.4, -0.2) is 30.2 Å². The molecule has 0 N–H and O–H groups in total. The number of hydrogen-bond acceptors (Lipinski definition) is 5. The summed E-state index contributed by atoms with van der Waals surface area (Å²) in [6.45, 7) is 5.68. The molecule has 1 aromatic rings. The van der Waals surface area contributed by atoms with Crippen molar-refractivity contribution in [3.8, 4) is 0 Å². The summed E-state index contributed by atoms with van der Waals surface area (Å²) in [6.07, 6.45) is -0.208. The summed E-state index contributed by atoms with van der Waals surface area (Å²) in [5, 5.41) is 3.95. The van der Waals surface area contributed by atoms with Gasteiger partial charge in [-0.05, 0) is 29.5 Å². The molecule has 1 aromatic carbocycles. The van der Waals surface area contributed by atoms with E-state index in [1.807, 2.05) is 44.2 Å². The molecule has 0 aromatic heterocycles. The zero-order valence-corrected chi connectivity index (χ0v) is 14.3. The number of ether oxygens (including phenoxy) is 2. The van der Waals surface area contributed by atoms with Crippen molar-refractivity contribution in [2.45, 2.75) is 43.2 Å². The Morgan fingerprint density at radius 3 is 2.65 bits per heavy atom. The maximum Gasteiger partial charge on any atom is 0.302 e. The molecule has 1 aliphatic rings. The summed E-state index contributed by atoms with van der Waals surface area (Å²) < 4.78 is 11.2. The first kappa shape index (κ1) is 17.7. The number of rotatable bonds is 5. The smallest absolute Gasteiger partial charge is 0.302 e. The van der Waals surface area contributed by atoms with Crippen molar-refractivity contribution in [1.82, 2.24) is 0 Å². The van der Waals surface area contributed by atoms with Gasteiger partial charge in [-0.25, -0.2) is 0 Å². The van der Waals surface area contributed by atoms with Gasteiger partial charge < -0.3 is 9.47 Å². The predicted molar refractivity (Wildman–Crippen MR) is 88.9 cm³/mol. The lowest BCUT2D eigenvalue weighted by molar-refractivity contribution is -0.153. The molecule has 2 rings (SSSR count). The number of carbonyl (C=O) groups excluding carboxylic acids is 1. The van der Waals surface area contributed by atoms with Gasteiger partial charge in [-0.3, -0.25) is 4.79 Å². The molecule has 3 unspecified atom stereocenters. The van der Waals surface area contributed by atoms with E-state index in [0.29, 0.717) is 0 Å². The summed E-state index contributed by atoms with van der Waals surface area (Å²) in [4.78, 5) is 15.1. The molecule has 0 bridgehead atoms. The Bertz CT molecular complexity index is 577. The normalized spacial score (nSPS) is 30.3. The van der Waals surface area contributed by atoms with Crippen LogP contribution >= 0.6 is 11.8 Å². The van der Waals surface area contributed by atoms with Crippen LogP contribution in [0, 0.1) is 11.8 Å². The standard InChI is InChI=1S/C16H21N3O3S/c1-10-11(2)15(18-19-17)16(22-14(10)9-21-12(3)20)23-13-7-5-4-6-8-13/h4-8,10-11,14-16H,9H2,1-3H3/t10-,11-,14?,15?,16?/m0/s1. The van der Waals surface area contributed by atoms with Crippen LogP contribution in [0.4, 0.5) is 0 Å². The number of azide groups is 1. The fourth-order valence-corrected chi connectivity index (χ4v) is 3.84. The van der Waals surface area contributed by atoms with Gasteiger partial charge in [0, 0.05) is 16.7 Å². The van der Waals surface area contributed by atoms with Crippen molar-refractivity contribution in [2.24, 2.45) is 17.0 Å². The minimum Gasteiger partial charge on any atom is -0.463 e. The monoisotopic (exact) mass is 335 g/mol. The lowest BCUT2D eigenvalue weighted by atomic mass is 9.83. The minimum atomic E-state index is -0.321. The third-order valence-electron chi connectivity index (χ3n) is 4.17. The minimum absolute atomic E-state index is 0.123. The molecule has 6 nitrogen and oxygen atoms in total. The Balaban J connectivity index is 2.16. The molecule has 0 aliphatic carbocycles. The van der Waals surface area contributed by atoms with Crippen molar-refractivity contribution in [1.29, 1.82) is 0 Å². The van der Waals surface area contributed by atoms with E-state index in [2.05, 4.69) is 10.0 Å². The SMILES string of the molecule is CC(=O)OCC1OC(Sc2ccccc2)C(N=[N+]=[N-])[C@@H](C)[C@@H]1C. The van der Waals surface area contributed by atoms with Gasteiger partial charge in [-0.1, -0.05) is 48.9 Å². The molecular weight excluding hydrogens is 314 g/mol. The Hall–Kier alpha value is -1.69. The van der Waals surface area contributed by atoms with Crippen LogP contribution in [0.5, 0.6) is 0 Å². The number of thioether (sulfide) groups is 1. The van der Waals surface area contributed by atoms with Gasteiger partial charge in [0.1, 0.15) is 12.0 Å². The maximum atomic E-state index is 11.1. The molecule has 124 valence electrons. The highest BCUT2D eigenvalue weighted by atomic mass is 32.2. The van der Waals surface area contributed by atoms with E-state index in [1.165, 1.54) is 18.7 Å². The van der Waals surface area contributed by atoms with E-state index in [-0.39, 0.29) is 42.0 Å². The lowest BCUT2D eigenvalue weighted by Crippen LogP contribution is -2.48. The van der Waals surface area contributed by atoms with Gasteiger partial charge in [0.15, 0.2) is 0 Å². The van der Waals surface area contributed by atoms with Crippen molar-refractivity contribution in [3.05, 3.63) is 40.8 Å². The number of esters is 1. The number of benzene rings is 1. The average molecular weight is 335 g/mol. The highest BCUT2D eigenvalue weighted by Crippen LogP contribution is 2.40. The molecule has 5 atom stereocenters. The van der Waals surface area contributed by atoms with Gasteiger partial charge in [-0.15, -0.1) is 0 Å². The quantitative estimate of drug-likeness (QED) is 0.352. The predicted octanol–water partition coefficient (Wildman–Crippen LogP) is 4.02. The van der Waals surface area contributed by atoms with Gasteiger partial charge in [0.2, 0.25) is 0 Å². The summed E-state index contributed by atoms with van der Waals surface area (Å²) >= 11 is 1.53. The van der Waals surface area contributed by atoms with E-state index in [1.54, 1.807) is 0 Å². The van der Waals surface area contributed by atoms with Gasteiger partial charge in [-0.2, -0.15) is 0 Å². The Kier molecular flexibility index (Phi) is 6.33. The largest absolute Gasteiger partial charge is 0.463 e. The van der Waals surface area contributed by atoms with Crippen molar-refractivity contribution >= 4 is 17.7 Å².